The average Bonchev–Trinajstić information content (AvgIpc) is 3.08. The van der Waals surface area contributed by atoms with Crippen LogP contribution in [0.1, 0.15) is 43.4 Å². The van der Waals surface area contributed by atoms with Crippen molar-refractivity contribution in [2.45, 2.75) is 37.6 Å². The highest BCUT2D eigenvalue weighted by molar-refractivity contribution is 7.08. The Morgan fingerprint density at radius 1 is 1.21 bits per heavy atom. The normalized spacial score (nSPS) is 18.2. The van der Waals surface area contributed by atoms with Crippen molar-refractivity contribution in [2.24, 2.45) is 0 Å². The number of nitrogens with one attached hydrogen (secondary N) is 1. The van der Waals surface area contributed by atoms with Gasteiger partial charge in [-0.25, -0.2) is 0 Å². The van der Waals surface area contributed by atoms with Gasteiger partial charge in [-0.1, -0.05) is 37.3 Å². The Morgan fingerprint density at radius 3 is 2.58 bits per heavy atom. The molecule has 1 N–H and O–H groups in total. The predicted octanol–water partition coefficient (Wildman–Crippen LogP) is 4.52. The van der Waals surface area contributed by atoms with Crippen molar-refractivity contribution in [3.05, 3.63) is 58.3 Å². The van der Waals surface area contributed by atoms with Crippen LogP contribution in [0.3, 0.4) is 0 Å². The second-order valence-corrected chi connectivity index (χ2v) is 6.25. The van der Waals surface area contributed by atoms with E-state index in [1.807, 2.05) is 0 Å². The SMILES string of the molecule is CCCNC(c1ccsc1)C1(c2ccccc2)CC1. The molecule has 19 heavy (non-hydrogen) atoms. The van der Waals surface area contributed by atoms with Crippen LogP contribution < -0.4 is 5.32 Å². The van der Waals surface area contributed by atoms with E-state index in [4.69, 9.17) is 0 Å². The van der Waals surface area contributed by atoms with Crippen LogP contribution in [0, 0.1) is 0 Å². The number of hydrogen-bond donors (Lipinski definition) is 1. The maximum Gasteiger partial charge on any atom is 0.0426 e. The molecule has 1 unspecified atom stereocenters. The molecule has 1 heterocycles. The van der Waals surface area contributed by atoms with Crippen LogP contribution in [-0.4, -0.2) is 6.54 Å². The van der Waals surface area contributed by atoms with E-state index in [1.54, 1.807) is 11.3 Å². The summed E-state index contributed by atoms with van der Waals surface area (Å²) in [5.74, 6) is 0. The molecule has 1 aliphatic rings. The van der Waals surface area contributed by atoms with Crippen LogP contribution in [0.15, 0.2) is 47.2 Å². The first kappa shape index (κ1) is 12.9. The summed E-state index contributed by atoms with van der Waals surface area (Å²) in [5, 5.41) is 8.27. The van der Waals surface area contributed by atoms with Gasteiger partial charge in [-0.05, 0) is 53.8 Å². The van der Waals surface area contributed by atoms with Crippen molar-refractivity contribution in [3.8, 4) is 0 Å². The third-order valence-corrected chi connectivity index (χ3v) is 4.87. The zero-order valence-corrected chi connectivity index (χ0v) is 12.2. The minimum Gasteiger partial charge on any atom is -0.309 e. The third-order valence-electron chi connectivity index (χ3n) is 4.16. The topological polar surface area (TPSA) is 12.0 Å². The first-order valence-corrected chi connectivity index (χ1v) is 8.12. The van der Waals surface area contributed by atoms with E-state index < -0.39 is 0 Å². The Labute approximate surface area is 119 Å². The number of benzene rings is 1. The van der Waals surface area contributed by atoms with Crippen molar-refractivity contribution in [3.63, 3.8) is 0 Å². The summed E-state index contributed by atoms with van der Waals surface area (Å²) in [4.78, 5) is 0. The fourth-order valence-electron chi connectivity index (χ4n) is 3.01. The molecule has 100 valence electrons. The van der Waals surface area contributed by atoms with Gasteiger partial charge in [0, 0.05) is 11.5 Å². The van der Waals surface area contributed by atoms with E-state index in [2.05, 4.69) is 59.4 Å². The van der Waals surface area contributed by atoms with E-state index in [1.165, 1.54) is 30.4 Å². The minimum atomic E-state index is 0.331. The molecule has 0 spiro atoms. The van der Waals surface area contributed by atoms with Crippen LogP contribution in [0.2, 0.25) is 0 Å². The van der Waals surface area contributed by atoms with Crippen molar-refractivity contribution in [1.82, 2.24) is 5.32 Å². The summed E-state index contributed by atoms with van der Waals surface area (Å²) in [6, 6.07) is 13.8. The quantitative estimate of drug-likeness (QED) is 0.814. The Morgan fingerprint density at radius 2 is 2.00 bits per heavy atom. The monoisotopic (exact) mass is 271 g/mol. The summed E-state index contributed by atoms with van der Waals surface area (Å²) in [5.41, 5.74) is 3.28. The fourth-order valence-corrected chi connectivity index (χ4v) is 3.70. The molecule has 0 radical (unpaired) electrons. The van der Waals surface area contributed by atoms with Crippen LogP contribution >= 0.6 is 11.3 Å². The Bertz CT molecular complexity index is 499. The summed E-state index contributed by atoms with van der Waals surface area (Å²) < 4.78 is 0. The molecule has 0 amide bonds. The standard InChI is InChI=1S/C17H21NS/c1-2-11-18-16(14-8-12-19-13-14)17(9-10-17)15-6-4-3-5-7-15/h3-8,12-13,16,18H,2,9-11H2,1H3. The van der Waals surface area contributed by atoms with Gasteiger partial charge in [0.05, 0.1) is 0 Å². The van der Waals surface area contributed by atoms with Gasteiger partial charge in [-0.2, -0.15) is 11.3 Å². The second-order valence-electron chi connectivity index (χ2n) is 5.47. The Kier molecular flexibility index (Phi) is 3.72. The first-order valence-electron chi connectivity index (χ1n) is 7.18. The molecule has 1 fully saturated rings. The highest BCUT2D eigenvalue weighted by atomic mass is 32.1. The van der Waals surface area contributed by atoms with Crippen molar-refractivity contribution in [1.29, 1.82) is 0 Å². The molecular weight excluding hydrogens is 250 g/mol. The molecular formula is C17H21NS. The van der Waals surface area contributed by atoms with E-state index in [9.17, 15) is 0 Å². The summed E-state index contributed by atoms with van der Waals surface area (Å²) in [6.45, 7) is 3.33. The number of rotatable bonds is 6. The average molecular weight is 271 g/mol. The lowest BCUT2D eigenvalue weighted by molar-refractivity contribution is 0.430. The van der Waals surface area contributed by atoms with Gasteiger partial charge in [-0.15, -0.1) is 0 Å². The molecule has 2 aromatic rings. The van der Waals surface area contributed by atoms with Gasteiger partial charge in [0.25, 0.3) is 0 Å². The molecule has 1 atom stereocenters. The van der Waals surface area contributed by atoms with Crippen LogP contribution in [0.5, 0.6) is 0 Å². The zero-order chi connectivity index (χ0) is 13.1. The van der Waals surface area contributed by atoms with E-state index in [0.717, 1.165) is 6.54 Å². The third kappa shape index (κ3) is 2.47. The summed E-state index contributed by atoms with van der Waals surface area (Å²) in [6.07, 6.45) is 3.79. The van der Waals surface area contributed by atoms with Gasteiger partial charge in [-0.3, -0.25) is 0 Å². The maximum absolute atomic E-state index is 3.78. The van der Waals surface area contributed by atoms with Gasteiger partial charge in [0.1, 0.15) is 0 Å². The van der Waals surface area contributed by atoms with Crippen molar-refractivity contribution in [2.75, 3.05) is 6.54 Å². The highest BCUT2D eigenvalue weighted by Crippen LogP contribution is 2.56. The molecule has 0 aliphatic heterocycles. The Balaban J connectivity index is 1.91. The van der Waals surface area contributed by atoms with Crippen LogP contribution in [0.4, 0.5) is 0 Å². The van der Waals surface area contributed by atoms with Gasteiger partial charge in [0.2, 0.25) is 0 Å². The van der Waals surface area contributed by atoms with E-state index in [0.29, 0.717) is 11.5 Å². The van der Waals surface area contributed by atoms with Gasteiger partial charge in [0.15, 0.2) is 0 Å². The van der Waals surface area contributed by atoms with E-state index >= 15 is 0 Å². The molecule has 3 rings (SSSR count). The molecule has 0 saturated heterocycles. The molecule has 0 bridgehead atoms. The predicted molar refractivity (Wildman–Crippen MR) is 82.7 cm³/mol. The summed E-state index contributed by atoms with van der Waals surface area (Å²) >= 11 is 1.80. The van der Waals surface area contributed by atoms with E-state index in [-0.39, 0.29) is 0 Å². The molecule has 1 nitrogen and oxygen atoms in total. The highest BCUT2D eigenvalue weighted by Gasteiger charge is 2.50. The zero-order valence-electron chi connectivity index (χ0n) is 11.4. The van der Waals surface area contributed by atoms with Gasteiger partial charge >= 0.3 is 0 Å². The fraction of sp³-hybridized carbons (Fsp3) is 0.412. The molecule has 1 aromatic carbocycles. The second kappa shape index (κ2) is 5.48. The molecule has 1 aliphatic carbocycles. The minimum absolute atomic E-state index is 0.331. The largest absolute Gasteiger partial charge is 0.309 e. The maximum atomic E-state index is 3.78. The van der Waals surface area contributed by atoms with Crippen molar-refractivity contribution < 1.29 is 0 Å². The van der Waals surface area contributed by atoms with Gasteiger partial charge < -0.3 is 5.32 Å². The van der Waals surface area contributed by atoms with Crippen LogP contribution in [0.25, 0.3) is 0 Å². The summed E-state index contributed by atoms with van der Waals surface area (Å²) in [7, 11) is 0. The number of hydrogen-bond acceptors (Lipinski definition) is 2. The number of thiophene rings is 1. The Hall–Kier alpha value is -1.12. The molecule has 1 aromatic heterocycles. The lowest BCUT2D eigenvalue weighted by Gasteiger charge is -2.28. The molecule has 2 heteroatoms. The molecule has 1 saturated carbocycles. The van der Waals surface area contributed by atoms with Crippen molar-refractivity contribution >= 4 is 11.3 Å². The lowest BCUT2D eigenvalue weighted by Crippen LogP contribution is -2.32. The lowest BCUT2D eigenvalue weighted by atomic mass is 9.85. The smallest absolute Gasteiger partial charge is 0.0426 e. The van der Waals surface area contributed by atoms with Crippen LogP contribution in [-0.2, 0) is 5.41 Å². The first-order chi connectivity index (χ1) is 9.37.